The Balaban J connectivity index is 3.41. The third-order valence-corrected chi connectivity index (χ3v) is 2.04. The molecular formula is C11H12F2O2. The summed E-state index contributed by atoms with van der Waals surface area (Å²) in [6.07, 6.45) is 0. The number of benzene rings is 1. The highest BCUT2D eigenvalue weighted by Gasteiger charge is 2.24. The summed E-state index contributed by atoms with van der Waals surface area (Å²) in [5.41, 5.74) is -1.16. The largest absolute Gasteiger partial charge is 0.478 e. The van der Waals surface area contributed by atoms with Gasteiger partial charge in [-0.15, -0.1) is 0 Å². The summed E-state index contributed by atoms with van der Waals surface area (Å²) < 4.78 is 26.9. The maximum atomic E-state index is 13.5. The Hall–Kier alpha value is -1.45. The molecule has 2 nitrogen and oxygen atoms in total. The van der Waals surface area contributed by atoms with Gasteiger partial charge in [0.25, 0.3) is 0 Å². The highest BCUT2D eigenvalue weighted by Crippen LogP contribution is 2.28. The van der Waals surface area contributed by atoms with Crippen LogP contribution < -0.4 is 0 Å². The predicted octanol–water partition coefficient (Wildman–Crippen LogP) is 2.96. The SMILES string of the molecule is CC(C)(C)c1c(F)cc(C(=O)O)cc1F. The van der Waals surface area contributed by atoms with Gasteiger partial charge in [0.05, 0.1) is 5.56 Å². The molecule has 0 bridgehead atoms. The van der Waals surface area contributed by atoms with Crippen LogP contribution in [0.15, 0.2) is 12.1 Å². The monoisotopic (exact) mass is 214 g/mol. The third-order valence-electron chi connectivity index (χ3n) is 2.04. The summed E-state index contributed by atoms with van der Waals surface area (Å²) in [5, 5.41) is 8.59. The summed E-state index contributed by atoms with van der Waals surface area (Å²) >= 11 is 0. The molecule has 0 atom stereocenters. The molecule has 1 aromatic carbocycles. The summed E-state index contributed by atoms with van der Waals surface area (Å²) in [6.45, 7) is 4.98. The van der Waals surface area contributed by atoms with Crippen LogP contribution in [-0.2, 0) is 5.41 Å². The van der Waals surface area contributed by atoms with Gasteiger partial charge in [-0.25, -0.2) is 13.6 Å². The van der Waals surface area contributed by atoms with E-state index in [1.807, 2.05) is 0 Å². The smallest absolute Gasteiger partial charge is 0.335 e. The third kappa shape index (κ3) is 2.32. The van der Waals surface area contributed by atoms with Crippen molar-refractivity contribution in [2.75, 3.05) is 0 Å². The average Bonchev–Trinajstić information content (AvgIpc) is 1.99. The van der Waals surface area contributed by atoms with Crippen LogP contribution in [0.25, 0.3) is 0 Å². The fourth-order valence-corrected chi connectivity index (χ4v) is 1.41. The molecule has 0 heterocycles. The number of hydrogen-bond donors (Lipinski definition) is 1. The van der Waals surface area contributed by atoms with E-state index < -0.39 is 23.0 Å². The van der Waals surface area contributed by atoms with Gasteiger partial charge in [0.15, 0.2) is 0 Å². The van der Waals surface area contributed by atoms with Crippen LogP contribution in [0.1, 0.15) is 36.7 Å². The van der Waals surface area contributed by atoms with Crippen molar-refractivity contribution in [1.29, 1.82) is 0 Å². The second kappa shape index (κ2) is 3.61. The first-order valence-corrected chi connectivity index (χ1v) is 4.46. The molecule has 0 saturated carbocycles. The lowest BCUT2D eigenvalue weighted by Crippen LogP contribution is -2.17. The molecule has 0 aliphatic carbocycles. The zero-order valence-electron chi connectivity index (χ0n) is 8.77. The normalized spacial score (nSPS) is 11.5. The van der Waals surface area contributed by atoms with Crippen molar-refractivity contribution in [3.05, 3.63) is 34.9 Å². The molecular weight excluding hydrogens is 202 g/mol. The first kappa shape index (κ1) is 11.6. The second-order valence-corrected chi connectivity index (χ2v) is 4.37. The molecule has 4 heteroatoms. The van der Waals surface area contributed by atoms with Gasteiger partial charge in [-0.2, -0.15) is 0 Å². The maximum Gasteiger partial charge on any atom is 0.335 e. The quantitative estimate of drug-likeness (QED) is 0.780. The van der Waals surface area contributed by atoms with Gasteiger partial charge in [0.2, 0.25) is 0 Å². The van der Waals surface area contributed by atoms with E-state index in [1.165, 1.54) is 0 Å². The Labute approximate surface area is 86.5 Å². The lowest BCUT2D eigenvalue weighted by Gasteiger charge is -2.20. The van der Waals surface area contributed by atoms with Crippen LogP contribution in [0.4, 0.5) is 8.78 Å². The molecule has 0 radical (unpaired) electrons. The van der Waals surface area contributed by atoms with Gasteiger partial charge in [0.1, 0.15) is 11.6 Å². The highest BCUT2D eigenvalue weighted by atomic mass is 19.1. The van der Waals surface area contributed by atoms with E-state index in [0.29, 0.717) is 0 Å². The Morgan fingerprint density at radius 1 is 1.20 bits per heavy atom. The molecule has 82 valence electrons. The van der Waals surface area contributed by atoms with Gasteiger partial charge in [0, 0.05) is 5.56 Å². The van der Waals surface area contributed by atoms with Crippen molar-refractivity contribution in [3.8, 4) is 0 Å². The van der Waals surface area contributed by atoms with Crippen LogP contribution in [-0.4, -0.2) is 11.1 Å². The van der Waals surface area contributed by atoms with Gasteiger partial charge in [-0.05, 0) is 17.5 Å². The Kier molecular flexibility index (Phi) is 2.79. The van der Waals surface area contributed by atoms with E-state index in [9.17, 15) is 13.6 Å². The minimum absolute atomic E-state index is 0.0903. The molecule has 0 aliphatic heterocycles. The van der Waals surface area contributed by atoms with Crippen molar-refractivity contribution in [1.82, 2.24) is 0 Å². The van der Waals surface area contributed by atoms with E-state index >= 15 is 0 Å². The van der Waals surface area contributed by atoms with Crippen molar-refractivity contribution in [2.45, 2.75) is 26.2 Å². The molecule has 1 N–H and O–H groups in total. The summed E-state index contributed by atoms with van der Waals surface area (Å²) in [5.74, 6) is -2.98. The summed E-state index contributed by atoms with van der Waals surface area (Å²) in [4.78, 5) is 10.5. The van der Waals surface area contributed by atoms with Crippen LogP contribution in [0.2, 0.25) is 0 Å². The second-order valence-electron chi connectivity index (χ2n) is 4.37. The fourth-order valence-electron chi connectivity index (χ4n) is 1.41. The van der Waals surface area contributed by atoms with Gasteiger partial charge in [-0.1, -0.05) is 20.8 Å². The Morgan fingerprint density at radius 2 is 1.60 bits per heavy atom. The van der Waals surface area contributed by atoms with Gasteiger partial charge in [-0.3, -0.25) is 0 Å². The van der Waals surface area contributed by atoms with Gasteiger partial charge >= 0.3 is 5.97 Å². The molecule has 0 saturated heterocycles. The fraction of sp³-hybridized carbons (Fsp3) is 0.364. The lowest BCUT2D eigenvalue weighted by atomic mass is 9.85. The molecule has 1 rings (SSSR count). The molecule has 0 aliphatic rings. The number of carbonyl (C=O) groups is 1. The minimum Gasteiger partial charge on any atom is -0.478 e. The molecule has 1 aromatic rings. The number of carboxylic acids is 1. The molecule has 0 aromatic heterocycles. The first-order chi connectivity index (χ1) is 6.73. The molecule has 0 spiro atoms. The molecule has 0 amide bonds. The summed E-state index contributed by atoms with van der Waals surface area (Å²) in [6, 6.07) is 1.68. The predicted molar refractivity (Wildman–Crippen MR) is 52.0 cm³/mol. The number of halogens is 2. The number of rotatable bonds is 1. The van der Waals surface area contributed by atoms with Crippen LogP contribution in [0, 0.1) is 11.6 Å². The molecule has 15 heavy (non-hydrogen) atoms. The van der Waals surface area contributed by atoms with Gasteiger partial charge < -0.3 is 5.11 Å². The standard InChI is InChI=1S/C11H12F2O2/c1-11(2,3)9-7(12)4-6(10(14)15)5-8(9)13/h4-5H,1-3H3,(H,14,15). The summed E-state index contributed by atoms with van der Waals surface area (Å²) in [7, 11) is 0. The van der Waals surface area contributed by atoms with E-state index in [2.05, 4.69) is 0 Å². The van der Waals surface area contributed by atoms with E-state index in [4.69, 9.17) is 5.11 Å². The van der Waals surface area contributed by atoms with Crippen molar-refractivity contribution >= 4 is 5.97 Å². The Morgan fingerprint density at radius 3 is 1.87 bits per heavy atom. The zero-order chi connectivity index (χ0) is 11.8. The zero-order valence-corrected chi connectivity index (χ0v) is 8.77. The van der Waals surface area contributed by atoms with E-state index in [0.717, 1.165) is 12.1 Å². The number of carboxylic acid groups (broad SMARTS) is 1. The van der Waals surface area contributed by atoms with Crippen molar-refractivity contribution in [3.63, 3.8) is 0 Å². The highest BCUT2D eigenvalue weighted by molar-refractivity contribution is 5.87. The average molecular weight is 214 g/mol. The van der Waals surface area contributed by atoms with Crippen LogP contribution in [0.5, 0.6) is 0 Å². The van der Waals surface area contributed by atoms with Crippen LogP contribution in [0.3, 0.4) is 0 Å². The minimum atomic E-state index is -1.34. The van der Waals surface area contributed by atoms with E-state index in [1.54, 1.807) is 20.8 Å². The van der Waals surface area contributed by atoms with Crippen LogP contribution >= 0.6 is 0 Å². The topological polar surface area (TPSA) is 37.3 Å². The number of aromatic carboxylic acids is 1. The number of hydrogen-bond acceptors (Lipinski definition) is 1. The van der Waals surface area contributed by atoms with Crippen molar-refractivity contribution < 1.29 is 18.7 Å². The Bertz CT molecular complexity index is 383. The molecule has 0 unspecified atom stereocenters. The first-order valence-electron chi connectivity index (χ1n) is 4.46. The maximum absolute atomic E-state index is 13.5. The molecule has 0 fully saturated rings. The van der Waals surface area contributed by atoms with E-state index in [-0.39, 0.29) is 11.1 Å². The lowest BCUT2D eigenvalue weighted by molar-refractivity contribution is 0.0695. The van der Waals surface area contributed by atoms with Crippen molar-refractivity contribution in [2.24, 2.45) is 0 Å².